The fourth-order valence-corrected chi connectivity index (χ4v) is 2.44. The summed E-state index contributed by atoms with van der Waals surface area (Å²) >= 11 is 0. The summed E-state index contributed by atoms with van der Waals surface area (Å²) in [6.45, 7) is 4.83. The molecule has 1 unspecified atom stereocenters. The van der Waals surface area contributed by atoms with Crippen LogP contribution < -0.4 is 10.6 Å². The molecule has 1 heterocycles. The van der Waals surface area contributed by atoms with E-state index < -0.39 is 0 Å². The fraction of sp³-hybridized carbons (Fsp3) is 0.412. The van der Waals surface area contributed by atoms with Gasteiger partial charge in [-0.25, -0.2) is 0 Å². The number of rotatable bonds is 6. The molecule has 2 rings (SSSR count). The molecule has 0 aliphatic heterocycles. The lowest BCUT2D eigenvalue weighted by Gasteiger charge is -2.26. The van der Waals surface area contributed by atoms with Gasteiger partial charge in [0.05, 0.1) is 6.20 Å². The standard InChI is InChI=1S/C17H24N4O/c1-17(2,14-8-6-5-7-9-14)12-19-16(22)15(18-3)13-10-20-21(4)11-13/h5-11,15,18H,12H2,1-4H3,(H,19,22). The highest BCUT2D eigenvalue weighted by molar-refractivity contribution is 5.83. The van der Waals surface area contributed by atoms with E-state index in [9.17, 15) is 4.79 Å². The topological polar surface area (TPSA) is 59.0 Å². The number of likely N-dealkylation sites (N-methyl/N-ethyl adjacent to an activating group) is 1. The summed E-state index contributed by atoms with van der Waals surface area (Å²) in [7, 11) is 3.62. The molecule has 1 aromatic heterocycles. The van der Waals surface area contributed by atoms with Crippen LogP contribution in [0.25, 0.3) is 0 Å². The lowest BCUT2D eigenvalue weighted by atomic mass is 9.84. The first-order valence-corrected chi connectivity index (χ1v) is 7.43. The molecule has 0 aliphatic carbocycles. The van der Waals surface area contributed by atoms with Gasteiger partial charge in [0.15, 0.2) is 0 Å². The number of carbonyl (C=O) groups is 1. The second-order valence-corrected chi connectivity index (χ2v) is 6.14. The van der Waals surface area contributed by atoms with Crippen molar-refractivity contribution < 1.29 is 4.79 Å². The zero-order valence-electron chi connectivity index (χ0n) is 13.6. The highest BCUT2D eigenvalue weighted by Gasteiger charge is 2.25. The molecule has 0 radical (unpaired) electrons. The van der Waals surface area contributed by atoms with Crippen molar-refractivity contribution >= 4 is 5.91 Å². The zero-order chi connectivity index (χ0) is 16.2. The van der Waals surface area contributed by atoms with E-state index in [0.717, 1.165) is 5.56 Å². The van der Waals surface area contributed by atoms with E-state index in [2.05, 4.69) is 41.7 Å². The number of aromatic nitrogens is 2. The van der Waals surface area contributed by atoms with Crippen LogP contribution in [0.5, 0.6) is 0 Å². The molecule has 2 N–H and O–H groups in total. The van der Waals surface area contributed by atoms with Gasteiger partial charge in [-0.2, -0.15) is 5.10 Å². The van der Waals surface area contributed by atoms with Crippen molar-refractivity contribution in [1.29, 1.82) is 0 Å². The maximum atomic E-state index is 12.5. The van der Waals surface area contributed by atoms with Crippen LogP contribution in [0.3, 0.4) is 0 Å². The van der Waals surface area contributed by atoms with Gasteiger partial charge in [-0.3, -0.25) is 9.48 Å². The van der Waals surface area contributed by atoms with Gasteiger partial charge in [-0.1, -0.05) is 44.2 Å². The van der Waals surface area contributed by atoms with Gasteiger partial charge >= 0.3 is 0 Å². The largest absolute Gasteiger partial charge is 0.354 e. The van der Waals surface area contributed by atoms with Gasteiger partial charge in [-0.15, -0.1) is 0 Å². The average Bonchev–Trinajstić information content (AvgIpc) is 2.93. The molecule has 5 heteroatoms. The van der Waals surface area contributed by atoms with E-state index in [-0.39, 0.29) is 17.4 Å². The maximum Gasteiger partial charge on any atom is 0.241 e. The molecular weight excluding hydrogens is 276 g/mol. The van der Waals surface area contributed by atoms with Crippen LogP contribution >= 0.6 is 0 Å². The van der Waals surface area contributed by atoms with Crippen LogP contribution in [-0.2, 0) is 17.3 Å². The van der Waals surface area contributed by atoms with Crippen LogP contribution in [0.2, 0.25) is 0 Å². The quantitative estimate of drug-likeness (QED) is 0.855. The first-order valence-electron chi connectivity index (χ1n) is 7.43. The maximum absolute atomic E-state index is 12.5. The van der Waals surface area contributed by atoms with Crippen LogP contribution in [0.1, 0.15) is 31.0 Å². The Kier molecular flexibility index (Phi) is 4.98. The van der Waals surface area contributed by atoms with E-state index in [0.29, 0.717) is 6.54 Å². The minimum Gasteiger partial charge on any atom is -0.354 e. The smallest absolute Gasteiger partial charge is 0.241 e. The summed E-state index contributed by atoms with van der Waals surface area (Å²) in [6.07, 6.45) is 3.56. The van der Waals surface area contributed by atoms with E-state index in [1.165, 1.54) is 5.56 Å². The molecule has 118 valence electrons. The molecule has 0 saturated carbocycles. The monoisotopic (exact) mass is 300 g/mol. The van der Waals surface area contributed by atoms with Crippen molar-refractivity contribution in [3.05, 3.63) is 53.9 Å². The SMILES string of the molecule is CNC(C(=O)NCC(C)(C)c1ccccc1)c1cnn(C)c1. The van der Waals surface area contributed by atoms with Crippen molar-refractivity contribution in [1.82, 2.24) is 20.4 Å². The lowest BCUT2D eigenvalue weighted by Crippen LogP contribution is -2.42. The first kappa shape index (κ1) is 16.2. The Morgan fingerprint density at radius 1 is 1.32 bits per heavy atom. The Balaban J connectivity index is 2.02. The number of benzene rings is 1. The summed E-state index contributed by atoms with van der Waals surface area (Å²) in [6, 6.07) is 9.82. The van der Waals surface area contributed by atoms with Gasteiger partial charge in [0.1, 0.15) is 6.04 Å². The Bertz CT molecular complexity index is 619. The van der Waals surface area contributed by atoms with Gasteiger partial charge in [-0.05, 0) is 12.6 Å². The van der Waals surface area contributed by atoms with Crippen molar-refractivity contribution in [3.8, 4) is 0 Å². The Labute approximate surface area is 131 Å². The molecule has 0 bridgehead atoms. The first-order chi connectivity index (χ1) is 10.4. The normalized spacial score (nSPS) is 12.9. The van der Waals surface area contributed by atoms with Gasteiger partial charge in [0.2, 0.25) is 5.91 Å². The third-order valence-electron chi connectivity index (χ3n) is 3.87. The predicted octanol–water partition coefficient (Wildman–Crippen LogP) is 1.77. The van der Waals surface area contributed by atoms with Gasteiger partial charge < -0.3 is 10.6 Å². The highest BCUT2D eigenvalue weighted by atomic mass is 16.2. The van der Waals surface area contributed by atoms with E-state index in [1.54, 1.807) is 17.9 Å². The minimum atomic E-state index is -0.389. The van der Waals surface area contributed by atoms with Crippen molar-refractivity contribution in [3.63, 3.8) is 0 Å². The average molecular weight is 300 g/mol. The third-order valence-corrected chi connectivity index (χ3v) is 3.87. The number of aryl methyl sites for hydroxylation is 1. The highest BCUT2D eigenvalue weighted by Crippen LogP contribution is 2.22. The number of hydrogen-bond donors (Lipinski definition) is 2. The summed E-state index contributed by atoms with van der Waals surface area (Å²) in [5, 5.41) is 10.2. The van der Waals surface area contributed by atoms with Crippen LogP contribution in [-0.4, -0.2) is 29.3 Å². The molecule has 0 aliphatic rings. The van der Waals surface area contributed by atoms with Crippen molar-refractivity contribution in [2.75, 3.05) is 13.6 Å². The molecular formula is C17H24N4O. The summed E-state index contributed by atoms with van der Waals surface area (Å²) in [5.41, 5.74) is 1.95. The molecule has 0 saturated heterocycles. The molecule has 1 aromatic carbocycles. The second kappa shape index (κ2) is 6.75. The van der Waals surface area contributed by atoms with Gasteiger partial charge in [0.25, 0.3) is 0 Å². The molecule has 2 aromatic rings. The molecule has 1 atom stereocenters. The fourth-order valence-electron chi connectivity index (χ4n) is 2.44. The predicted molar refractivity (Wildman–Crippen MR) is 87.5 cm³/mol. The summed E-state index contributed by atoms with van der Waals surface area (Å²) in [4.78, 5) is 12.5. The third kappa shape index (κ3) is 3.74. The molecule has 1 amide bonds. The Hall–Kier alpha value is -2.14. The minimum absolute atomic E-state index is 0.0421. The number of amides is 1. The van der Waals surface area contributed by atoms with Crippen LogP contribution in [0, 0.1) is 0 Å². The Morgan fingerprint density at radius 3 is 2.55 bits per heavy atom. The number of carbonyl (C=O) groups excluding carboxylic acids is 1. The lowest BCUT2D eigenvalue weighted by molar-refractivity contribution is -0.123. The summed E-state index contributed by atoms with van der Waals surface area (Å²) < 4.78 is 1.70. The second-order valence-electron chi connectivity index (χ2n) is 6.14. The molecule has 0 spiro atoms. The molecule has 0 fully saturated rings. The van der Waals surface area contributed by atoms with Gasteiger partial charge in [0, 0.05) is 30.8 Å². The van der Waals surface area contributed by atoms with Crippen molar-refractivity contribution in [2.24, 2.45) is 7.05 Å². The summed E-state index contributed by atoms with van der Waals surface area (Å²) in [5.74, 6) is -0.0421. The zero-order valence-corrected chi connectivity index (χ0v) is 13.6. The van der Waals surface area contributed by atoms with E-state index in [1.807, 2.05) is 31.4 Å². The number of hydrogen-bond acceptors (Lipinski definition) is 3. The van der Waals surface area contributed by atoms with Crippen LogP contribution in [0.4, 0.5) is 0 Å². The number of nitrogens with zero attached hydrogens (tertiary/aromatic N) is 2. The molecule has 22 heavy (non-hydrogen) atoms. The van der Waals surface area contributed by atoms with E-state index >= 15 is 0 Å². The Morgan fingerprint density at radius 2 is 2.00 bits per heavy atom. The van der Waals surface area contributed by atoms with Crippen LogP contribution in [0.15, 0.2) is 42.7 Å². The van der Waals surface area contributed by atoms with E-state index in [4.69, 9.17) is 0 Å². The number of nitrogens with one attached hydrogen (secondary N) is 2. The van der Waals surface area contributed by atoms with Crippen molar-refractivity contribution in [2.45, 2.75) is 25.3 Å². The molecule has 5 nitrogen and oxygen atoms in total.